The molecule has 1 aromatic rings. The van der Waals surface area contributed by atoms with Gasteiger partial charge in [0.25, 0.3) is 0 Å². The highest BCUT2D eigenvalue weighted by Crippen LogP contribution is 2.11. The Balaban J connectivity index is 2.17. The molecular formula is C14H23N3O2. The summed E-state index contributed by atoms with van der Waals surface area (Å²) in [6.07, 6.45) is 0. The summed E-state index contributed by atoms with van der Waals surface area (Å²) in [7, 11) is 3.45. The molecule has 0 radical (unpaired) electrons. The van der Waals surface area contributed by atoms with Crippen LogP contribution in [0, 0.1) is 0 Å². The van der Waals surface area contributed by atoms with Crippen molar-refractivity contribution in [3.63, 3.8) is 0 Å². The standard InChI is InChI=1S/C14H23N3O2/c1-4-19-13-7-5-12(6-8-13)11-15-9-10-16-14(18)17(2)3/h5-8,15H,4,9-11H2,1-3H3,(H,16,18). The minimum Gasteiger partial charge on any atom is -0.494 e. The van der Waals surface area contributed by atoms with Crippen LogP contribution >= 0.6 is 0 Å². The third-order valence-electron chi connectivity index (χ3n) is 2.55. The number of ether oxygens (including phenoxy) is 1. The van der Waals surface area contributed by atoms with Crippen molar-refractivity contribution >= 4 is 6.03 Å². The van der Waals surface area contributed by atoms with Crippen LogP contribution in [-0.2, 0) is 6.54 Å². The SMILES string of the molecule is CCOc1ccc(CNCCNC(=O)N(C)C)cc1. The van der Waals surface area contributed by atoms with Gasteiger partial charge in [-0.05, 0) is 24.6 Å². The summed E-state index contributed by atoms with van der Waals surface area (Å²) in [5.74, 6) is 0.893. The molecule has 0 aliphatic heterocycles. The number of carbonyl (C=O) groups excluding carboxylic acids is 1. The van der Waals surface area contributed by atoms with Gasteiger partial charge in [-0.25, -0.2) is 4.79 Å². The molecule has 0 spiro atoms. The lowest BCUT2D eigenvalue weighted by atomic mass is 10.2. The van der Waals surface area contributed by atoms with Crippen molar-refractivity contribution in [3.8, 4) is 5.75 Å². The summed E-state index contributed by atoms with van der Waals surface area (Å²) in [4.78, 5) is 12.8. The lowest BCUT2D eigenvalue weighted by Crippen LogP contribution is -2.38. The topological polar surface area (TPSA) is 53.6 Å². The molecule has 5 heteroatoms. The molecule has 2 amide bonds. The average molecular weight is 265 g/mol. The number of hydrogen-bond acceptors (Lipinski definition) is 3. The van der Waals surface area contributed by atoms with E-state index in [-0.39, 0.29) is 6.03 Å². The minimum absolute atomic E-state index is 0.0668. The number of carbonyl (C=O) groups is 1. The van der Waals surface area contributed by atoms with Crippen molar-refractivity contribution < 1.29 is 9.53 Å². The monoisotopic (exact) mass is 265 g/mol. The normalized spacial score (nSPS) is 10.1. The third-order valence-corrected chi connectivity index (χ3v) is 2.55. The maximum atomic E-state index is 11.2. The second-order valence-corrected chi connectivity index (χ2v) is 4.38. The van der Waals surface area contributed by atoms with Gasteiger partial charge in [-0.3, -0.25) is 0 Å². The molecule has 0 fully saturated rings. The fraction of sp³-hybridized carbons (Fsp3) is 0.500. The lowest BCUT2D eigenvalue weighted by molar-refractivity contribution is 0.217. The van der Waals surface area contributed by atoms with E-state index in [4.69, 9.17) is 4.74 Å². The van der Waals surface area contributed by atoms with Crippen LogP contribution in [0.2, 0.25) is 0 Å². The van der Waals surface area contributed by atoms with Crippen molar-refractivity contribution in [1.82, 2.24) is 15.5 Å². The van der Waals surface area contributed by atoms with Gasteiger partial charge >= 0.3 is 6.03 Å². The molecule has 0 saturated heterocycles. The largest absolute Gasteiger partial charge is 0.494 e. The van der Waals surface area contributed by atoms with Crippen LogP contribution in [0.4, 0.5) is 4.79 Å². The highest BCUT2D eigenvalue weighted by atomic mass is 16.5. The van der Waals surface area contributed by atoms with Crippen molar-refractivity contribution in [2.24, 2.45) is 0 Å². The zero-order chi connectivity index (χ0) is 14.1. The summed E-state index contributed by atoms with van der Waals surface area (Å²) in [6, 6.07) is 7.94. The van der Waals surface area contributed by atoms with Gasteiger partial charge in [0.1, 0.15) is 5.75 Å². The van der Waals surface area contributed by atoms with Gasteiger partial charge < -0.3 is 20.3 Å². The second kappa shape index (κ2) is 8.37. The molecule has 0 bridgehead atoms. The predicted octanol–water partition coefficient (Wildman–Crippen LogP) is 1.45. The number of nitrogens with zero attached hydrogens (tertiary/aromatic N) is 1. The number of amides is 2. The molecule has 0 saturated carbocycles. The smallest absolute Gasteiger partial charge is 0.316 e. The van der Waals surface area contributed by atoms with Gasteiger partial charge in [0.05, 0.1) is 6.61 Å². The lowest BCUT2D eigenvalue weighted by Gasteiger charge is -2.12. The van der Waals surface area contributed by atoms with Gasteiger partial charge in [0, 0.05) is 33.7 Å². The Morgan fingerprint density at radius 2 is 1.89 bits per heavy atom. The maximum Gasteiger partial charge on any atom is 0.316 e. The van der Waals surface area contributed by atoms with Gasteiger partial charge in [-0.2, -0.15) is 0 Å². The van der Waals surface area contributed by atoms with Gasteiger partial charge in [0.15, 0.2) is 0 Å². The summed E-state index contributed by atoms with van der Waals surface area (Å²) >= 11 is 0. The van der Waals surface area contributed by atoms with E-state index in [9.17, 15) is 4.79 Å². The molecule has 1 aromatic carbocycles. The highest BCUT2D eigenvalue weighted by Gasteiger charge is 2.00. The first-order valence-electron chi connectivity index (χ1n) is 6.51. The van der Waals surface area contributed by atoms with E-state index in [1.165, 1.54) is 10.5 Å². The van der Waals surface area contributed by atoms with Gasteiger partial charge in [-0.15, -0.1) is 0 Å². The third kappa shape index (κ3) is 6.10. The van der Waals surface area contributed by atoms with Crippen molar-refractivity contribution in [1.29, 1.82) is 0 Å². The van der Waals surface area contributed by atoms with Gasteiger partial charge in [0.2, 0.25) is 0 Å². The fourth-order valence-corrected chi connectivity index (χ4v) is 1.52. The molecule has 106 valence electrons. The zero-order valence-electron chi connectivity index (χ0n) is 11.9. The highest BCUT2D eigenvalue weighted by molar-refractivity contribution is 5.73. The van der Waals surface area contributed by atoms with Crippen molar-refractivity contribution in [2.75, 3.05) is 33.8 Å². The molecule has 1 rings (SSSR count). The van der Waals surface area contributed by atoms with Crippen LogP contribution in [0.5, 0.6) is 5.75 Å². The zero-order valence-corrected chi connectivity index (χ0v) is 11.9. The quantitative estimate of drug-likeness (QED) is 0.734. The summed E-state index contributed by atoms with van der Waals surface area (Å²) in [6.45, 7) is 4.80. The Morgan fingerprint density at radius 3 is 2.47 bits per heavy atom. The minimum atomic E-state index is -0.0668. The van der Waals surface area contributed by atoms with Crippen LogP contribution in [0.1, 0.15) is 12.5 Å². The van der Waals surface area contributed by atoms with E-state index in [0.29, 0.717) is 13.2 Å². The molecule has 0 heterocycles. The molecule has 0 aromatic heterocycles. The van der Waals surface area contributed by atoms with E-state index < -0.39 is 0 Å². The van der Waals surface area contributed by atoms with E-state index in [1.54, 1.807) is 14.1 Å². The van der Waals surface area contributed by atoms with Crippen LogP contribution in [-0.4, -0.2) is 44.7 Å². The molecule has 5 nitrogen and oxygen atoms in total. The molecule has 2 N–H and O–H groups in total. The number of benzene rings is 1. The van der Waals surface area contributed by atoms with E-state index >= 15 is 0 Å². The Bertz CT molecular complexity index is 377. The van der Waals surface area contributed by atoms with Crippen molar-refractivity contribution in [3.05, 3.63) is 29.8 Å². The number of hydrogen-bond donors (Lipinski definition) is 2. The first-order valence-corrected chi connectivity index (χ1v) is 6.51. The number of nitrogens with one attached hydrogen (secondary N) is 2. The summed E-state index contributed by atoms with van der Waals surface area (Å²) in [5, 5.41) is 6.07. The van der Waals surface area contributed by atoms with Crippen LogP contribution < -0.4 is 15.4 Å². The van der Waals surface area contributed by atoms with E-state index in [1.807, 2.05) is 31.2 Å². The summed E-state index contributed by atoms with van der Waals surface area (Å²) < 4.78 is 5.38. The van der Waals surface area contributed by atoms with E-state index in [0.717, 1.165) is 18.8 Å². The molecular weight excluding hydrogens is 242 g/mol. The second-order valence-electron chi connectivity index (χ2n) is 4.38. The Morgan fingerprint density at radius 1 is 1.21 bits per heavy atom. The molecule has 19 heavy (non-hydrogen) atoms. The molecule has 0 unspecified atom stereocenters. The molecule has 0 atom stereocenters. The summed E-state index contributed by atoms with van der Waals surface area (Å²) in [5.41, 5.74) is 1.20. The Hall–Kier alpha value is -1.75. The number of urea groups is 1. The number of rotatable bonds is 7. The first kappa shape index (κ1) is 15.3. The van der Waals surface area contributed by atoms with Gasteiger partial charge in [-0.1, -0.05) is 12.1 Å². The first-order chi connectivity index (χ1) is 9.13. The Labute approximate surface area is 114 Å². The fourth-order valence-electron chi connectivity index (χ4n) is 1.52. The van der Waals surface area contributed by atoms with Crippen LogP contribution in [0.25, 0.3) is 0 Å². The molecule has 0 aliphatic carbocycles. The Kier molecular flexibility index (Phi) is 6.74. The van der Waals surface area contributed by atoms with Crippen molar-refractivity contribution in [2.45, 2.75) is 13.5 Å². The van der Waals surface area contributed by atoms with Crippen LogP contribution in [0.15, 0.2) is 24.3 Å². The maximum absolute atomic E-state index is 11.2. The van der Waals surface area contributed by atoms with E-state index in [2.05, 4.69) is 10.6 Å². The predicted molar refractivity (Wildman–Crippen MR) is 76.4 cm³/mol. The average Bonchev–Trinajstić information content (AvgIpc) is 2.40. The van der Waals surface area contributed by atoms with Crippen LogP contribution in [0.3, 0.4) is 0 Å². The molecule has 0 aliphatic rings.